The first kappa shape index (κ1) is 12.7. The molecule has 0 unspecified atom stereocenters. The molecule has 0 aliphatic heterocycles. The molecule has 3 rings (SSSR count). The van der Waals surface area contributed by atoms with Gasteiger partial charge >= 0.3 is 0 Å². The lowest BCUT2D eigenvalue weighted by Gasteiger charge is -2.05. The summed E-state index contributed by atoms with van der Waals surface area (Å²) in [5.41, 5.74) is 1.86. The molecule has 98 valence electrons. The average Bonchev–Trinajstić information content (AvgIpc) is 3.21. The Hall–Kier alpha value is -1.33. The summed E-state index contributed by atoms with van der Waals surface area (Å²) in [6, 6.07) is 5.18. The van der Waals surface area contributed by atoms with E-state index in [1.54, 1.807) is 6.07 Å². The lowest BCUT2D eigenvalue weighted by molar-refractivity contribution is 0.627. The van der Waals surface area contributed by atoms with Gasteiger partial charge in [-0.05, 0) is 47.0 Å². The minimum atomic E-state index is -0.277. The summed E-state index contributed by atoms with van der Waals surface area (Å²) in [6.07, 6.45) is 6.16. The van der Waals surface area contributed by atoms with E-state index in [0.29, 0.717) is 16.3 Å². The van der Waals surface area contributed by atoms with Gasteiger partial charge in [-0.3, -0.25) is 0 Å². The van der Waals surface area contributed by atoms with Crippen LogP contribution >= 0.6 is 15.9 Å². The van der Waals surface area contributed by atoms with Crippen molar-refractivity contribution in [3.63, 3.8) is 0 Å². The first-order valence-corrected chi connectivity index (χ1v) is 7.01. The molecule has 0 spiro atoms. The number of hydrogen-bond donors (Lipinski definition) is 1. The normalized spacial score (nSPS) is 14.6. The number of hydrogen-bond acceptors (Lipinski definition) is 3. The van der Waals surface area contributed by atoms with Gasteiger partial charge in [-0.1, -0.05) is 0 Å². The summed E-state index contributed by atoms with van der Waals surface area (Å²) in [6.45, 7) is 0.801. The molecule has 19 heavy (non-hydrogen) atoms. The van der Waals surface area contributed by atoms with Crippen LogP contribution < -0.4 is 5.32 Å². The summed E-state index contributed by atoms with van der Waals surface area (Å²) in [4.78, 5) is 8.67. The zero-order chi connectivity index (χ0) is 13.2. The van der Waals surface area contributed by atoms with Crippen molar-refractivity contribution in [2.45, 2.75) is 25.4 Å². The zero-order valence-corrected chi connectivity index (χ0v) is 11.8. The highest BCUT2D eigenvalue weighted by molar-refractivity contribution is 9.10. The second-order valence-electron chi connectivity index (χ2n) is 4.69. The lowest BCUT2D eigenvalue weighted by Crippen LogP contribution is -2.15. The van der Waals surface area contributed by atoms with Crippen molar-refractivity contribution in [2.24, 2.45) is 0 Å². The predicted molar refractivity (Wildman–Crippen MR) is 75.0 cm³/mol. The maximum Gasteiger partial charge on any atom is 0.160 e. The van der Waals surface area contributed by atoms with Crippen molar-refractivity contribution >= 4 is 15.9 Å². The van der Waals surface area contributed by atoms with Crippen LogP contribution in [0.25, 0.3) is 11.4 Å². The molecule has 1 aromatic heterocycles. The first-order valence-electron chi connectivity index (χ1n) is 6.22. The Bertz CT molecular complexity index is 582. The van der Waals surface area contributed by atoms with Gasteiger partial charge in [-0.15, -0.1) is 0 Å². The van der Waals surface area contributed by atoms with Crippen molar-refractivity contribution in [1.29, 1.82) is 0 Å². The summed E-state index contributed by atoms with van der Waals surface area (Å²) in [7, 11) is 0. The van der Waals surface area contributed by atoms with Gasteiger partial charge in [0.2, 0.25) is 0 Å². The molecule has 1 aliphatic rings. The van der Waals surface area contributed by atoms with Crippen LogP contribution in [0.5, 0.6) is 0 Å². The van der Waals surface area contributed by atoms with Crippen molar-refractivity contribution in [3.8, 4) is 11.4 Å². The first-order chi connectivity index (χ1) is 9.22. The van der Waals surface area contributed by atoms with Gasteiger partial charge in [0.25, 0.3) is 0 Å². The average molecular weight is 322 g/mol. The molecule has 3 nitrogen and oxygen atoms in total. The quantitative estimate of drug-likeness (QED) is 0.939. The van der Waals surface area contributed by atoms with E-state index in [1.165, 1.54) is 25.0 Å². The molecule has 1 fully saturated rings. The van der Waals surface area contributed by atoms with E-state index in [4.69, 9.17) is 0 Å². The molecular weight excluding hydrogens is 309 g/mol. The summed E-state index contributed by atoms with van der Waals surface area (Å²) >= 11 is 3.33. The fourth-order valence-electron chi connectivity index (χ4n) is 1.81. The standard InChI is InChI=1S/C14H13BrFN3/c15-13-5-10(16)1-4-12(13)14-18-7-9(8-19-14)6-17-11-2-3-11/h1,4-5,7-8,11,17H,2-3,6H2. The number of aromatic nitrogens is 2. The zero-order valence-electron chi connectivity index (χ0n) is 10.2. The van der Waals surface area contributed by atoms with Crippen LogP contribution in [0.15, 0.2) is 35.1 Å². The third-order valence-corrected chi connectivity index (χ3v) is 3.71. The van der Waals surface area contributed by atoms with E-state index < -0.39 is 0 Å². The molecule has 1 saturated carbocycles. The SMILES string of the molecule is Fc1ccc(-c2ncc(CNC3CC3)cn2)c(Br)c1. The van der Waals surface area contributed by atoms with Gasteiger partial charge in [-0.25, -0.2) is 14.4 Å². The minimum absolute atomic E-state index is 0.277. The third kappa shape index (κ3) is 3.16. The van der Waals surface area contributed by atoms with Crippen LogP contribution in [0.3, 0.4) is 0 Å². The number of nitrogens with zero attached hydrogens (tertiary/aromatic N) is 2. The molecule has 2 aromatic rings. The highest BCUT2D eigenvalue weighted by Crippen LogP contribution is 2.26. The second kappa shape index (κ2) is 5.35. The Morgan fingerprint density at radius 3 is 2.63 bits per heavy atom. The number of rotatable bonds is 4. The Kier molecular flexibility index (Phi) is 3.57. The maximum absolute atomic E-state index is 13.0. The Balaban J connectivity index is 1.76. The molecule has 0 radical (unpaired) electrons. The van der Waals surface area contributed by atoms with Gasteiger partial charge in [0.1, 0.15) is 5.82 Å². The van der Waals surface area contributed by atoms with Crippen LogP contribution in [0.1, 0.15) is 18.4 Å². The van der Waals surface area contributed by atoms with E-state index in [9.17, 15) is 4.39 Å². The molecule has 0 saturated heterocycles. The largest absolute Gasteiger partial charge is 0.310 e. The predicted octanol–water partition coefficient (Wildman–Crippen LogP) is 3.30. The third-order valence-electron chi connectivity index (χ3n) is 3.05. The monoisotopic (exact) mass is 321 g/mol. The maximum atomic E-state index is 13.0. The molecule has 1 N–H and O–H groups in total. The summed E-state index contributed by atoms with van der Waals surface area (Å²) in [5, 5.41) is 3.41. The molecule has 1 aliphatic carbocycles. The molecule has 1 aromatic carbocycles. The van der Waals surface area contributed by atoms with E-state index in [2.05, 4.69) is 31.2 Å². The van der Waals surface area contributed by atoms with Crippen LogP contribution in [0, 0.1) is 5.82 Å². The highest BCUT2D eigenvalue weighted by atomic mass is 79.9. The Morgan fingerprint density at radius 2 is 2.00 bits per heavy atom. The van der Waals surface area contributed by atoms with Gasteiger partial charge in [0.05, 0.1) is 0 Å². The Labute approximate surface area is 119 Å². The molecule has 5 heteroatoms. The molecule has 1 heterocycles. The van der Waals surface area contributed by atoms with Gasteiger partial charge in [0, 0.05) is 40.6 Å². The molecule has 0 amide bonds. The molecular formula is C14H13BrFN3. The van der Waals surface area contributed by atoms with Gasteiger partial charge in [0.15, 0.2) is 5.82 Å². The van der Waals surface area contributed by atoms with Gasteiger partial charge < -0.3 is 5.32 Å². The highest BCUT2D eigenvalue weighted by Gasteiger charge is 2.20. The second-order valence-corrected chi connectivity index (χ2v) is 5.55. The van der Waals surface area contributed by atoms with E-state index in [1.807, 2.05) is 12.4 Å². The molecule has 0 bridgehead atoms. The van der Waals surface area contributed by atoms with Gasteiger partial charge in [-0.2, -0.15) is 0 Å². The van der Waals surface area contributed by atoms with E-state index in [0.717, 1.165) is 17.7 Å². The van der Waals surface area contributed by atoms with E-state index >= 15 is 0 Å². The summed E-state index contributed by atoms with van der Waals surface area (Å²) < 4.78 is 13.7. The topological polar surface area (TPSA) is 37.8 Å². The van der Waals surface area contributed by atoms with Crippen molar-refractivity contribution < 1.29 is 4.39 Å². The number of halogens is 2. The molecule has 0 atom stereocenters. The van der Waals surface area contributed by atoms with Crippen LogP contribution in [0.2, 0.25) is 0 Å². The van der Waals surface area contributed by atoms with Crippen molar-refractivity contribution in [2.75, 3.05) is 0 Å². The van der Waals surface area contributed by atoms with Crippen molar-refractivity contribution in [3.05, 3.63) is 46.4 Å². The number of benzene rings is 1. The minimum Gasteiger partial charge on any atom is -0.310 e. The fraction of sp³-hybridized carbons (Fsp3) is 0.286. The smallest absolute Gasteiger partial charge is 0.160 e. The van der Waals surface area contributed by atoms with E-state index in [-0.39, 0.29) is 5.82 Å². The van der Waals surface area contributed by atoms with Crippen LogP contribution in [-0.4, -0.2) is 16.0 Å². The fourth-order valence-corrected chi connectivity index (χ4v) is 2.33. The van der Waals surface area contributed by atoms with Crippen LogP contribution in [0.4, 0.5) is 4.39 Å². The van der Waals surface area contributed by atoms with Crippen molar-refractivity contribution in [1.82, 2.24) is 15.3 Å². The number of nitrogens with one attached hydrogen (secondary N) is 1. The summed E-state index contributed by atoms with van der Waals surface area (Å²) in [5.74, 6) is 0.322. The lowest BCUT2D eigenvalue weighted by atomic mass is 10.2. The Morgan fingerprint density at radius 1 is 1.26 bits per heavy atom. The van der Waals surface area contributed by atoms with Crippen LogP contribution in [-0.2, 0) is 6.54 Å².